The average molecular weight is 361 g/mol. The Labute approximate surface area is 162 Å². The Hall–Kier alpha value is -2.90. The zero-order valence-corrected chi connectivity index (χ0v) is 16.1. The quantitative estimate of drug-likeness (QED) is 0.694. The van der Waals surface area contributed by atoms with Crippen LogP contribution in [0, 0.1) is 11.3 Å². The number of hydrogen-bond acceptors (Lipinski definition) is 3. The molecule has 0 saturated carbocycles. The third-order valence-electron chi connectivity index (χ3n) is 4.65. The van der Waals surface area contributed by atoms with Crippen LogP contribution >= 0.6 is 0 Å². The smallest absolute Gasteiger partial charge is 0.244 e. The molecule has 0 aliphatic heterocycles. The van der Waals surface area contributed by atoms with Crippen LogP contribution in [-0.4, -0.2) is 36.5 Å². The highest BCUT2D eigenvalue weighted by Crippen LogP contribution is 2.10. The van der Waals surface area contributed by atoms with Crippen molar-refractivity contribution in [3.63, 3.8) is 0 Å². The monoisotopic (exact) mass is 361 g/mol. The lowest BCUT2D eigenvalue weighted by atomic mass is 10.0. The summed E-state index contributed by atoms with van der Waals surface area (Å²) in [4.78, 5) is 14.6. The second kappa shape index (κ2) is 10.9. The van der Waals surface area contributed by atoms with Gasteiger partial charge in [-0.1, -0.05) is 62.4 Å². The molecule has 0 radical (unpaired) electrons. The van der Waals surface area contributed by atoms with Gasteiger partial charge >= 0.3 is 0 Å². The number of benzene rings is 2. The van der Waals surface area contributed by atoms with E-state index in [9.17, 15) is 4.79 Å². The van der Waals surface area contributed by atoms with Crippen molar-refractivity contribution in [2.24, 2.45) is 0 Å². The largest absolute Gasteiger partial charge is 0.351 e. The third-order valence-corrected chi connectivity index (χ3v) is 4.65. The van der Waals surface area contributed by atoms with Crippen molar-refractivity contribution >= 4 is 12.0 Å². The molecule has 0 bridgehead atoms. The SMILES string of the molecule is CCN(CC)C(CNC(=O)/C=C/c1ccccc1C#N)Cc1ccccc1. The highest BCUT2D eigenvalue weighted by molar-refractivity contribution is 5.92. The van der Waals surface area contributed by atoms with Crippen molar-refractivity contribution in [1.29, 1.82) is 5.26 Å². The van der Waals surface area contributed by atoms with Gasteiger partial charge in [0.15, 0.2) is 0 Å². The number of amides is 1. The predicted molar refractivity (Wildman–Crippen MR) is 110 cm³/mol. The molecule has 0 spiro atoms. The molecule has 2 aromatic carbocycles. The summed E-state index contributed by atoms with van der Waals surface area (Å²) >= 11 is 0. The minimum atomic E-state index is -0.145. The average Bonchev–Trinajstić information content (AvgIpc) is 2.72. The van der Waals surface area contributed by atoms with E-state index in [2.05, 4.69) is 42.3 Å². The number of rotatable bonds is 9. The molecular weight excluding hydrogens is 334 g/mol. The minimum Gasteiger partial charge on any atom is -0.351 e. The number of carbonyl (C=O) groups is 1. The summed E-state index contributed by atoms with van der Waals surface area (Å²) in [6, 6.07) is 20.0. The number of nitriles is 1. The highest BCUT2D eigenvalue weighted by Gasteiger charge is 2.16. The van der Waals surface area contributed by atoms with E-state index < -0.39 is 0 Å². The van der Waals surface area contributed by atoms with Gasteiger partial charge in [0.05, 0.1) is 11.6 Å². The van der Waals surface area contributed by atoms with Gasteiger partial charge in [-0.3, -0.25) is 9.69 Å². The zero-order valence-electron chi connectivity index (χ0n) is 16.1. The van der Waals surface area contributed by atoms with Gasteiger partial charge in [0.2, 0.25) is 5.91 Å². The number of nitrogens with one attached hydrogen (secondary N) is 1. The van der Waals surface area contributed by atoms with E-state index in [4.69, 9.17) is 5.26 Å². The maximum Gasteiger partial charge on any atom is 0.244 e. The molecule has 0 aromatic heterocycles. The lowest BCUT2D eigenvalue weighted by molar-refractivity contribution is -0.116. The Morgan fingerprint density at radius 1 is 1.11 bits per heavy atom. The Morgan fingerprint density at radius 2 is 1.78 bits per heavy atom. The normalized spacial score (nSPS) is 12.1. The van der Waals surface area contributed by atoms with E-state index in [0.29, 0.717) is 12.1 Å². The first-order valence-electron chi connectivity index (χ1n) is 9.40. The molecule has 1 N–H and O–H groups in total. The van der Waals surface area contributed by atoms with Crippen molar-refractivity contribution < 1.29 is 4.79 Å². The molecule has 1 unspecified atom stereocenters. The second-order valence-electron chi connectivity index (χ2n) is 6.34. The van der Waals surface area contributed by atoms with Crippen molar-refractivity contribution in [3.05, 3.63) is 77.4 Å². The van der Waals surface area contributed by atoms with E-state index in [-0.39, 0.29) is 11.9 Å². The summed E-state index contributed by atoms with van der Waals surface area (Å²) in [6.07, 6.45) is 4.08. The van der Waals surface area contributed by atoms with Crippen molar-refractivity contribution in [1.82, 2.24) is 10.2 Å². The molecule has 0 aliphatic carbocycles. The first kappa shape index (κ1) is 20.4. The van der Waals surface area contributed by atoms with Gasteiger partial charge < -0.3 is 5.32 Å². The van der Waals surface area contributed by atoms with Crippen molar-refractivity contribution in [2.45, 2.75) is 26.3 Å². The predicted octanol–water partition coefficient (Wildman–Crippen LogP) is 3.64. The number of likely N-dealkylation sites (N-methyl/N-ethyl adjacent to an activating group) is 1. The first-order chi connectivity index (χ1) is 13.2. The fraction of sp³-hybridized carbons (Fsp3) is 0.304. The second-order valence-corrected chi connectivity index (χ2v) is 6.34. The fourth-order valence-electron chi connectivity index (χ4n) is 3.14. The maximum absolute atomic E-state index is 12.3. The summed E-state index contributed by atoms with van der Waals surface area (Å²) in [5.74, 6) is -0.145. The van der Waals surface area contributed by atoms with Crippen LogP contribution in [0.3, 0.4) is 0 Å². The first-order valence-corrected chi connectivity index (χ1v) is 9.40. The van der Waals surface area contributed by atoms with Crippen LogP contribution in [0.4, 0.5) is 0 Å². The number of nitrogens with zero attached hydrogens (tertiary/aromatic N) is 2. The van der Waals surface area contributed by atoms with Gasteiger partial charge in [-0.05, 0) is 42.8 Å². The van der Waals surface area contributed by atoms with Crippen LogP contribution in [0.25, 0.3) is 6.08 Å². The van der Waals surface area contributed by atoms with Gasteiger partial charge in [-0.15, -0.1) is 0 Å². The molecule has 0 aliphatic rings. The van der Waals surface area contributed by atoms with E-state index in [1.165, 1.54) is 11.6 Å². The van der Waals surface area contributed by atoms with Gasteiger partial charge in [0.25, 0.3) is 0 Å². The molecule has 140 valence electrons. The van der Waals surface area contributed by atoms with Gasteiger partial charge in [-0.2, -0.15) is 5.26 Å². The molecule has 1 atom stereocenters. The molecule has 0 heterocycles. The molecule has 4 heteroatoms. The van der Waals surface area contributed by atoms with Crippen LogP contribution in [-0.2, 0) is 11.2 Å². The summed E-state index contributed by atoms with van der Waals surface area (Å²) in [5, 5.41) is 12.1. The van der Waals surface area contributed by atoms with Crippen molar-refractivity contribution in [3.8, 4) is 6.07 Å². The highest BCUT2D eigenvalue weighted by atomic mass is 16.1. The van der Waals surface area contributed by atoms with Crippen LogP contribution in [0.15, 0.2) is 60.7 Å². The molecule has 2 rings (SSSR count). The summed E-state index contributed by atoms with van der Waals surface area (Å²) in [6.45, 7) is 6.74. The maximum atomic E-state index is 12.3. The van der Waals surface area contributed by atoms with E-state index in [1.807, 2.05) is 36.4 Å². The van der Waals surface area contributed by atoms with E-state index in [1.54, 1.807) is 12.1 Å². The molecular formula is C23H27N3O. The van der Waals surface area contributed by atoms with Crippen LogP contribution in [0.5, 0.6) is 0 Å². The Balaban J connectivity index is 1.99. The van der Waals surface area contributed by atoms with Gasteiger partial charge in [-0.25, -0.2) is 0 Å². The third kappa shape index (κ3) is 6.40. The Morgan fingerprint density at radius 3 is 2.44 bits per heavy atom. The minimum absolute atomic E-state index is 0.145. The lowest BCUT2D eigenvalue weighted by Gasteiger charge is -2.30. The van der Waals surface area contributed by atoms with Crippen LogP contribution < -0.4 is 5.32 Å². The lowest BCUT2D eigenvalue weighted by Crippen LogP contribution is -2.44. The van der Waals surface area contributed by atoms with Gasteiger partial charge in [0.1, 0.15) is 0 Å². The van der Waals surface area contributed by atoms with E-state index >= 15 is 0 Å². The summed E-state index contributed by atoms with van der Waals surface area (Å²) in [7, 11) is 0. The standard InChI is InChI=1S/C23H27N3O/c1-3-26(4-2)22(16-19-10-6-5-7-11-19)18-25-23(27)15-14-20-12-8-9-13-21(20)17-24/h5-15,22H,3-4,16,18H2,1-2H3,(H,25,27)/b15-14+. The Bertz CT molecular complexity index is 789. The van der Waals surface area contributed by atoms with Crippen LogP contribution in [0.1, 0.15) is 30.5 Å². The molecule has 4 nitrogen and oxygen atoms in total. The topological polar surface area (TPSA) is 56.1 Å². The summed E-state index contributed by atoms with van der Waals surface area (Å²) < 4.78 is 0. The zero-order chi connectivity index (χ0) is 19.5. The Kier molecular flexibility index (Phi) is 8.28. The molecule has 0 saturated heterocycles. The molecule has 2 aromatic rings. The van der Waals surface area contributed by atoms with Gasteiger partial charge in [0, 0.05) is 18.7 Å². The molecule has 0 fully saturated rings. The summed E-state index contributed by atoms with van der Waals surface area (Å²) in [5.41, 5.74) is 2.58. The van der Waals surface area contributed by atoms with Crippen LogP contribution in [0.2, 0.25) is 0 Å². The molecule has 1 amide bonds. The van der Waals surface area contributed by atoms with E-state index in [0.717, 1.165) is 25.1 Å². The molecule has 27 heavy (non-hydrogen) atoms. The number of hydrogen-bond donors (Lipinski definition) is 1. The fourth-order valence-corrected chi connectivity index (χ4v) is 3.14. The van der Waals surface area contributed by atoms with Crippen molar-refractivity contribution in [2.75, 3.05) is 19.6 Å². The number of carbonyl (C=O) groups excluding carboxylic acids is 1.